The third kappa shape index (κ3) is 1.18. The second-order valence-corrected chi connectivity index (χ2v) is 3.25. The molecule has 0 aromatic carbocycles. The van der Waals surface area contributed by atoms with Crippen LogP contribution in [0.2, 0.25) is 0 Å². The highest BCUT2D eigenvalue weighted by Crippen LogP contribution is 2.35. The van der Waals surface area contributed by atoms with E-state index in [1.54, 1.807) is 7.05 Å². The molecule has 7 heteroatoms. The van der Waals surface area contributed by atoms with Crippen LogP contribution in [0.25, 0.3) is 0 Å². The predicted octanol–water partition coefficient (Wildman–Crippen LogP) is -0.812. The van der Waals surface area contributed by atoms with Crippen LogP contribution in [0.3, 0.4) is 0 Å². The quantitative estimate of drug-likeness (QED) is 0.398. The van der Waals surface area contributed by atoms with Gasteiger partial charge in [0.1, 0.15) is 5.69 Å². The minimum Gasteiger partial charge on any atom is -0.368 e. The summed E-state index contributed by atoms with van der Waals surface area (Å²) in [5, 5.41) is 4.57. The normalized spacial score (nSPS) is 13.8. The van der Waals surface area contributed by atoms with E-state index in [9.17, 15) is 0 Å². The van der Waals surface area contributed by atoms with Crippen molar-refractivity contribution in [2.45, 2.75) is 0 Å². The number of hydrogen-bond acceptors (Lipinski definition) is 7. The maximum Gasteiger partial charge on any atom is 0.224 e. The first-order chi connectivity index (χ1) is 6.59. The molecule has 5 N–H and O–H groups in total. The van der Waals surface area contributed by atoms with E-state index in [1.165, 1.54) is 5.01 Å². The number of nitrogens with two attached hydrogens (primary N) is 2. The van der Waals surface area contributed by atoms with Crippen molar-refractivity contribution in [3.63, 3.8) is 0 Å². The molecule has 76 valence electrons. The van der Waals surface area contributed by atoms with Crippen molar-refractivity contribution in [3.8, 4) is 0 Å². The van der Waals surface area contributed by atoms with Crippen molar-refractivity contribution in [1.29, 1.82) is 0 Å². The van der Waals surface area contributed by atoms with Crippen LogP contribution in [0.4, 0.5) is 23.3 Å². The first-order valence-corrected chi connectivity index (χ1v) is 4.20. The largest absolute Gasteiger partial charge is 0.368 e. The minimum atomic E-state index is 0.228. The van der Waals surface area contributed by atoms with Gasteiger partial charge in [-0.05, 0) is 0 Å². The molecule has 0 unspecified atom stereocenters. The van der Waals surface area contributed by atoms with Gasteiger partial charge in [0.05, 0.1) is 6.67 Å². The number of hydrazine groups is 1. The number of rotatable bonds is 1. The van der Waals surface area contributed by atoms with Crippen molar-refractivity contribution < 1.29 is 0 Å². The van der Waals surface area contributed by atoms with Crippen LogP contribution < -0.4 is 26.8 Å². The van der Waals surface area contributed by atoms with Gasteiger partial charge in [-0.2, -0.15) is 9.97 Å². The Morgan fingerprint density at radius 1 is 1.50 bits per heavy atom. The van der Waals surface area contributed by atoms with Crippen molar-refractivity contribution >= 4 is 23.3 Å². The zero-order valence-electron chi connectivity index (χ0n) is 8.15. The van der Waals surface area contributed by atoms with E-state index < -0.39 is 0 Å². The van der Waals surface area contributed by atoms with Gasteiger partial charge in [0.2, 0.25) is 5.95 Å². The van der Waals surface area contributed by atoms with Crippen LogP contribution in [0, 0.1) is 0 Å². The van der Waals surface area contributed by atoms with E-state index in [-0.39, 0.29) is 5.95 Å². The molecule has 7 nitrogen and oxygen atoms in total. The summed E-state index contributed by atoms with van der Waals surface area (Å²) >= 11 is 0. The lowest BCUT2D eigenvalue weighted by Crippen LogP contribution is -2.27. The molecule has 14 heavy (non-hydrogen) atoms. The Hall–Kier alpha value is -1.76. The zero-order chi connectivity index (χ0) is 10.3. The van der Waals surface area contributed by atoms with Gasteiger partial charge in [-0.25, -0.2) is 5.84 Å². The monoisotopic (exact) mass is 195 g/mol. The summed E-state index contributed by atoms with van der Waals surface area (Å²) in [6.45, 7) is 0.689. The maximum atomic E-state index is 5.63. The molecule has 1 aromatic rings. The summed E-state index contributed by atoms with van der Waals surface area (Å²) in [7, 11) is 3.63. The molecule has 1 aliphatic heterocycles. The molecule has 1 aliphatic rings. The van der Waals surface area contributed by atoms with Crippen molar-refractivity contribution in [3.05, 3.63) is 0 Å². The van der Waals surface area contributed by atoms with E-state index in [2.05, 4.69) is 15.3 Å². The summed E-state index contributed by atoms with van der Waals surface area (Å²) in [5.41, 5.74) is 6.40. The van der Waals surface area contributed by atoms with E-state index in [1.807, 2.05) is 11.9 Å². The van der Waals surface area contributed by atoms with Gasteiger partial charge in [0, 0.05) is 14.1 Å². The van der Waals surface area contributed by atoms with Crippen LogP contribution in [-0.2, 0) is 0 Å². The van der Waals surface area contributed by atoms with Gasteiger partial charge >= 0.3 is 0 Å². The zero-order valence-corrected chi connectivity index (χ0v) is 8.15. The Labute approximate surface area is 81.7 Å². The minimum absolute atomic E-state index is 0.228. The third-order valence-corrected chi connectivity index (χ3v) is 2.08. The number of aromatic nitrogens is 2. The smallest absolute Gasteiger partial charge is 0.224 e. The molecule has 0 spiro atoms. The van der Waals surface area contributed by atoms with Gasteiger partial charge in [0.15, 0.2) is 11.6 Å². The molecule has 0 saturated heterocycles. The molecule has 2 heterocycles. The molecule has 0 aliphatic carbocycles. The lowest BCUT2D eigenvalue weighted by atomic mass is 10.4. The Morgan fingerprint density at radius 2 is 2.21 bits per heavy atom. The average molecular weight is 195 g/mol. The number of nitrogens with zero attached hydrogens (tertiary/aromatic N) is 4. The second kappa shape index (κ2) is 2.88. The van der Waals surface area contributed by atoms with Crippen molar-refractivity contribution in [1.82, 2.24) is 9.97 Å². The third-order valence-electron chi connectivity index (χ3n) is 2.08. The van der Waals surface area contributed by atoms with Gasteiger partial charge in [0.25, 0.3) is 0 Å². The van der Waals surface area contributed by atoms with Crippen LogP contribution in [-0.4, -0.2) is 30.7 Å². The SMILES string of the molecule is CN(N)c1nc(N)nc2c1NCN2C. The lowest BCUT2D eigenvalue weighted by Gasteiger charge is -2.15. The van der Waals surface area contributed by atoms with E-state index >= 15 is 0 Å². The van der Waals surface area contributed by atoms with Crippen molar-refractivity contribution in [2.75, 3.05) is 41.7 Å². The summed E-state index contributed by atoms with van der Waals surface area (Å²) in [6.07, 6.45) is 0. The van der Waals surface area contributed by atoms with E-state index in [0.29, 0.717) is 12.5 Å². The molecule has 0 bridgehead atoms. The summed E-state index contributed by atoms with van der Waals surface area (Å²) in [6, 6.07) is 0. The molecular weight excluding hydrogens is 182 g/mol. The first-order valence-electron chi connectivity index (χ1n) is 4.20. The van der Waals surface area contributed by atoms with Gasteiger partial charge < -0.3 is 16.0 Å². The van der Waals surface area contributed by atoms with Gasteiger partial charge in [-0.1, -0.05) is 0 Å². The highest BCUT2D eigenvalue weighted by molar-refractivity contribution is 5.82. The summed E-state index contributed by atoms with van der Waals surface area (Å²) < 4.78 is 0. The molecule has 0 atom stereocenters. The van der Waals surface area contributed by atoms with Gasteiger partial charge in [-0.3, -0.25) is 5.01 Å². The molecule has 2 rings (SSSR count). The molecule has 0 radical (unpaired) electrons. The number of anilines is 4. The number of hydrogen-bond donors (Lipinski definition) is 3. The predicted molar refractivity (Wildman–Crippen MR) is 55.9 cm³/mol. The fraction of sp³-hybridized carbons (Fsp3) is 0.429. The molecule has 0 amide bonds. The highest BCUT2D eigenvalue weighted by Gasteiger charge is 2.23. The molecule has 0 saturated carbocycles. The standard InChI is InChI=1S/C7H13N7/c1-13-3-10-4-5(13)11-7(8)12-6(4)14(2)9/h10H,3,9H2,1-2H3,(H2,8,11,12). The Bertz CT molecular complexity index is 361. The first kappa shape index (κ1) is 8.82. The topological polar surface area (TPSA) is 96.3 Å². The molecular formula is C7H13N7. The van der Waals surface area contributed by atoms with E-state index in [4.69, 9.17) is 11.6 Å². The Kier molecular flexibility index (Phi) is 1.81. The average Bonchev–Trinajstić information content (AvgIpc) is 2.47. The summed E-state index contributed by atoms with van der Waals surface area (Å²) in [5.74, 6) is 7.25. The Morgan fingerprint density at radius 3 is 2.86 bits per heavy atom. The maximum absolute atomic E-state index is 5.63. The van der Waals surface area contributed by atoms with Crippen molar-refractivity contribution in [2.24, 2.45) is 5.84 Å². The summed E-state index contributed by atoms with van der Waals surface area (Å²) in [4.78, 5) is 10.1. The number of fused-ring (bicyclic) bond motifs is 1. The molecule has 1 aromatic heterocycles. The fourth-order valence-corrected chi connectivity index (χ4v) is 1.42. The van der Waals surface area contributed by atoms with Crippen LogP contribution in [0.1, 0.15) is 0 Å². The fourth-order valence-electron chi connectivity index (χ4n) is 1.42. The Balaban J connectivity index is 2.57. The number of nitrogen functional groups attached to an aromatic ring is 1. The van der Waals surface area contributed by atoms with Crippen LogP contribution in [0.5, 0.6) is 0 Å². The van der Waals surface area contributed by atoms with Crippen LogP contribution >= 0.6 is 0 Å². The lowest BCUT2D eigenvalue weighted by molar-refractivity contribution is 0.969. The van der Waals surface area contributed by atoms with Crippen LogP contribution in [0.15, 0.2) is 0 Å². The highest BCUT2D eigenvalue weighted by atomic mass is 15.4. The number of nitrogens with one attached hydrogen (secondary N) is 1. The van der Waals surface area contributed by atoms with Gasteiger partial charge in [-0.15, -0.1) is 0 Å². The van der Waals surface area contributed by atoms with E-state index in [0.717, 1.165) is 11.5 Å². The second-order valence-electron chi connectivity index (χ2n) is 3.25. The molecule has 0 fully saturated rings.